The molecule has 3 aromatic carbocycles. The number of alkyl halides is 1. The summed E-state index contributed by atoms with van der Waals surface area (Å²) in [5.74, 6) is 0. The summed E-state index contributed by atoms with van der Waals surface area (Å²) in [6, 6.07) is 33.2. The van der Waals surface area contributed by atoms with Crippen LogP contribution >= 0.6 is 31.3 Å². The number of hydrogen-bond donors (Lipinski definition) is 1. The van der Waals surface area contributed by atoms with Gasteiger partial charge in [-0.25, -0.2) is 0 Å². The van der Waals surface area contributed by atoms with Crippen molar-refractivity contribution in [3.8, 4) is 0 Å². The first-order valence-electron chi connectivity index (χ1n) is 9.68. The first-order chi connectivity index (χ1) is 13.2. The molecule has 0 bridgehead atoms. The monoisotopic (exact) mass is 432 g/mol. The molecule has 0 radical (unpaired) electrons. The van der Waals surface area contributed by atoms with Gasteiger partial charge in [0.15, 0.2) is 0 Å². The highest BCUT2D eigenvalue weighted by atomic mass is 35.5. The molecule has 3 rings (SSSR count). The Hall–Kier alpha value is -1.37. The van der Waals surface area contributed by atoms with E-state index in [1.807, 2.05) is 0 Å². The molecule has 0 aliphatic rings. The van der Waals surface area contributed by atoms with E-state index in [0.717, 1.165) is 19.3 Å². The highest BCUT2D eigenvalue weighted by Crippen LogP contribution is 2.55. The van der Waals surface area contributed by atoms with E-state index in [4.69, 9.17) is 17.3 Å². The molecular weight excluding hydrogens is 404 g/mol. The summed E-state index contributed by atoms with van der Waals surface area (Å²) >= 11 is 5.92. The zero-order chi connectivity index (χ0) is 19.0. The van der Waals surface area contributed by atoms with E-state index in [9.17, 15) is 0 Å². The van der Waals surface area contributed by atoms with Gasteiger partial charge in [0.25, 0.3) is 0 Å². The fraction of sp³-hybridized carbons (Fsp3) is 0.250. The summed E-state index contributed by atoms with van der Waals surface area (Å²) < 4.78 is 0. The smallest absolute Gasteiger partial charge is 0.112 e. The summed E-state index contributed by atoms with van der Waals surface area (Å²) in [6.45, 7) is 0. The van der Waals surface area contributed by atoms with Crippen molar-refractivity contribution in [2.45, 2.75) is 31.2 Å². The van der Waals surface area contributed by atoms with Crippen LogP contribution < -0.4 is 21.6 Å². The quantitative estimate of drug-likeness (QED) is 0.206. The van der Waals surface area contributed by atoms with Crippen molar-refractivity contribution in [1.29, 1.82) is 0 Å². The van der Waals surface area contributed by atoms with Crippen molar-refractivity contribution in [3.05, 3.63) is 91.0 Å². The predicted molar refractivity (Wildman–Crippen MR) is 130 cm³/mol. The molecule has 1 nitrogen and oxygen atoms in total. The minimum Gasteiger partial charge on any atom is -0.315 e. The van der Waals surface area contributed by atoms with E-state index in [0.29, 0.717) is 0 Å². The zero-order valence-electron chi connectivity index (χ0n) is 16.1. The van der Waals surface area contributed by atoms with Crippen LogP contribution in [0.25, 0.3) is 0 Å². The van der Waals surface area contributed by atoms with Crippen molar-refractivity contribution >= 4 is 47.2 Å². The van der Waals surface area contributed by atoms with Gasteiger partial charge in [-0.1, -0.05) is 61.0 Å². The van der Waals surface area contributed by atoms with Crippen molar-refractivity contribution < 1.29 is 0 Å². The van der Waals surface area contributed by atoms with Gasteiger partial charge in [0.05, 0.1) is 11.7 Å². The average Bonchev–Trinajstić information content (AvgIpc) is 2.73. The van der Waals surface area contributed by atoms with Crippen LogP contribution in [0.2, 0.25) is 0 Å². The van der Waals surface area contributed by atoms with Crippen molar-refractivity contribution in [1.82, 2.24) is 0 Å². The van der Waals surface area contributed by atoms with Crippen LogP contribution in [0.4, 0.5) is 0 Å². The third-order valence-corrected chi connectivity index (χ3v) is 9.81. The van der Waals surface area contributed by atoms with Gasteiger partial charge >= 0.3 is 0 Å². The molecule has 2 N–H and O–H groups in total. The van der Waals surface area contributed by atoms with E-state index in [1.165, 1.54) is 28.5 Å². The summed E-state index contributed by atoms with van der Waals surface area (Å²) in [5, 5.41) is 4.37. The molecule has 0 amide bonds. The number of hydrogen-bond acceptors (Lipinski definition) is 1. The molecule has 0 saturated carbocycles. The molecule has 0 saturated heterocycles. The molecule has 28 heavy (non-hydrogen) atoms. The second-order valence-electron chi connectivity index (χ2n) is 6.91. The van der Waals surface area contributed by atoms with E-state index < -0.39 is 7.26 Å². The molecule has 0 aliphatic carbocycles. The van der Waals surface area contributed by atoms with Crippen molar-refractivity contribution in [2.75, 3.05) is 6.16 Å². The molecule has 0 heterocycles. The molecule has 0 spiro atoms. The van der Waals surface area contributed by atoms with Crippen molar-refractivity contribution in [2.24, 2.45) is 5.73 Å². The van der Waals surface area contributed by atoms with Gasteiger partial charge in [-0.15, -0.1) is 24.0 Å². The van der Waals surface area contributed by atoms with E-state index >= 15 is 0 Å². The molecule has 0 fully saturated rings. The Morgan fingerprint density at radius 1 is 0.643 bits per heavy atom. The van der Waals surface area contributed by atoms with Gasteiger partial charge < -0.3 is 5.73 Å². The average molecular weight is 433 g/mol. The van der Waals surface area contributed by atoms with Gasteiger partial charge in [-0.05, 0) is 55.7 Å². The van der Waals surface area contributed by atoms with Gasteiger partial charge in [-0.3, -0.25) is 0 Å². The molecule has 0 aliphatic heterocycles. The minimum absolute atomic E-state index is 0. The summed E-state index contributed by atoms with van der Waals surface area (Å²) in [4.78, 5) is 0. The first kappa shape index (κ1) is 22.9. The third kappa shape index (κ3) is 5.58. The number of unbranched alkanes of at least 4 members (excludes halogenated alkanes) is 2. The largest absolute Gasteiger partial charge is 0.315 e. The fourth-order valence-corrected chi connectivity index (χ4v) is 8.31. The van der Waals surface area contributed by atoms with Crippen LogP contribution in [0.3, 0.4) is 0 Å². The lowest BCUT2D eigenvalue weighted by molar-refractivity contribution is 0.652. The SMILES string of the molecule is Cl.NC(Cl)CCCCC[P+](c1ccccc1)(c1ccccc1)c1ccccc1. The molecule has 1 atom stereocenters. The number of rotatable bonds is 9. The lowest BCUT2D eigenvalue weighted by atomic mass is 10.2. The van der Waals surface area contributed by atoms with E-state index in [-0.39, 0.29) is 17.9 Å². The Balaban J connectivity index is 0.00000280. The van der Waals surface area contributed by atoms with Gasteiger partial charge in [0.1, 0.15) is 23.2 Å². The molecule has 1 unspecified atom stereocenters. The second kappa shape index (κ2) is 11.6. The Morgan fingerprint density at radius 2 is 1.04 bits per heavy atom. The van der Waals surface area contributed by atoms with Gasteiger partial charge in [-0.2, -0.15) is 0 Å². The van der Waals surface area contributed by atoms with E-state index in [1.54, 1.807) is 0 Å². The highest BCUT2D eigenvalue weighted by Gasteiger charge is 2.44. The molecule has 0 aromatic heterocycles. The van der Waals surface area contributed by atoms with Crippen LogP contribution in [0, 0.1) is 0 Å². The van der Waals surface area contributed by atoms with E-state index in [2.05, 4.69) is 91.0 Å². The Kier molecular flexibility index (Phi) is 9.48. The molecular formula is C24H29Cl2NP+. The van der Waals surface area contributed by atoms with Crippen LogP contribution in [0.1, 0.15) is 25.7 Å². The maximum Gasteiger partial charge on any atom is 0.112 e. The van der Waals surface area contributed by atoms with Crippen LogP contribution in [-0.4, -0.2) is 11.7 Å². The minimum atomic E-state index is -1.68. The second-order valence-corrected chi connectivity index (χ2v) is 11.1. The predicted octanol–water partition coefficient (Wildman–Crippen LogP) is 5.49. The summed E-state index contributed by atoms with van der Waals surface area (Å²) in [6.07, 6.45) is 5.48. The Bertz CT molecular complexity index is 698. The molecule has 3 aromatic rings. The third-order valence-electron chi connectivity index (χ3n) is 5.06. The summed E-state index contributed by atoms with van der Waals surface area (Å²) in [5.41, 5.74) is 5.49. The van der Waals surface area contributed by atoms with Crippen molar-refractivity contribution in [3.63, 3.8) is 0 Å². The van der Waals surface area contributed by atoms with Crippen LogP contribution in [-0.2, 0) is 0 Å². The fourth-order valence-electron chi connectivity index (χ4n) is 3.75. The summed E-state index contributed by atoms with van der Waals surface area (Å²) in [7, 11) is -1.68. The maximum absolute atomic E-state index is 5.92. The highest BCUT2D eigenvalue weighted by molar-refractivity contribution is 7.95. The van der Waals surface area contributed by atoms with Crippen LogP contribution in [0.15, 0.2) is 91.0 Å². The van der Waals surface area contributed by atoms with Gasteiger partial charge in [0, 0.05) is 0 Å². The Labute approximate surface area is 181 Å². The van der Waals surface area contributed by atoms with Crippen LogP contribution in [0.5, 0.6) is 0 Å². The lowest BCUT2D eigenvalue weighted by Crippen LogP contribution is -2.33. The normalized spacial score (nSPS) is 12.2. The standard InChI is InChI=1S/C24H28ClNP.ClH/c25-24(26)19-11-4-12-20-27(21-13-5-1-6-14-21,22-15-7-2-8-16-22)23-17-9-3-10-18-23;/h1-3,5-10,13-18,24H,4,11-12,19-20,26H2;1H/q+1;. The number of nitrogens with two attached hydrogens (primary N) is 1. The number of benzene rings is 3. The lowest BCUT2D eigenvalue weighted by Gasteiger charge is -2.27. The molecule has 4 heteroatoms. The first-order valence-corrected chi connectivity index (χ1v) is 12.1. The molecule has 148 valence electrons. The topological polar surface area (TPSA) is 26.0 Å². The number of halogens is 2. The zero-order valence-corrected chi connectivity index (χ0v) is 18.6. The Morgan fingerprint density at radius 3 is 1.39 bits per heavy atom. The maximum atomic E-state index is 5.92. The van der Waals surface area contributed by atoms with Gasteiger partial charge in [0.2, 0.25) is 0 Å².